The molecule has 0 rings (SSSR count). The van der Waals surface area contributed by atoms with Gasteiger partial charge in [-0.3, -0.25) is 0 Å². The molecule has 0 spiro atoms. The van der Waals surface area contributed by atoms with Gasteiger partial charge in [-0.15, -0.1) is 0 Å². The Morgan fingerprint density at radius 1 is 0.419 bits per heavy atom. The third-order valence-electron chi connectivity index (χ3n) is 8.78. The van der Waals surface area contributed by atoms with Crippen LogP contribution in [-0.4, -0.2) is 6.54 Å². The van der Waals surface area contributed by atoms with Crippen molar-refractivity contribution in [3.63, 3.8) is 0 Å². The molecule has 0 aliphatic heterocycles. The number of hydrogen-bond donors (Lipinski definition) is 1. The fourth-order valence-corrected chi connectivity index (χ4v) is 5.94. The van der Waals surface area contributed by atoms with Crippen LogP contribution in [0.15, 0.2) is 23.9 Å². The summed E-state index contributed by atoms with van der Waals surface area (Å²) in [5, 5.41) is 3.03. The largest absolute Gasteiger partial charge is 0.384 e. The van der Waals surface area contributed by atoms with E-state index in [1.807, 2.05) is 0 Å². The van der Waals surface area contributed by atoms with Gasteiger partial charge in [0.1, 0.15) is 0 Å². The van der Waals surface area contributed by atoms with E-state index >= 15 is 0 Å². The number of nitrogens with one attached hydrogen (secondary N) is 1. The number of allylic oxidation sites excluding steroid dienone is 2. The lowest BCUT2D eigenvalue weighted by Crippen LogP contribution is -2.15. The third kappa shape index (κ3) is 35.4. The van der Waals surface area contributed by atoms with Crippen LogP contribution in [0.4, 0.5) is 17.6 Å². The lowest BCUT2D eigenvalue weighted by molar-refractivity contribution is 0.394. The van der Waals surface area contributed by atoms with Crippen molar-refractivity contribution in [2.75, 3.05) is 6.54 Å². The molecule has 0 fully saturated rings. The van der Waals surface area contributed by atoms with Crippen molar-refractivity contribution < 1.29 is 17.6 Å². The van der Waals surface area contributed by atoms with Crippen molar-refractivity contribution in [1.29, 1.82) is 0 Å². The Bertz CT molecular complexity index is 611. The highest BCUT2D eigenvalue weighted by Crippen LogP contribution is 2.18. The molecule has 0 aliphatic rings. The average Bonchev–Trinajstić information content (AvgIpc) is 2.98. The summed E-state index contributed by atoms with van der Waals surface area (Å²) >= 11 is 0. The molecule has 1 N–H and O–H groups in total. The quantitative estimate of drug-likeness (QED) is 0.0551. The van der Waals surface area contributed by atoms with Crippen LogP contribution in [0.2, 0.25) is 0 Å². The second kappa shape index (κ2) is 35.5. The van der Waals surface area contributed by atoms with Crippen molar-refractivity contribution in [2.24, 2.45) is 0 Å². The number of halogens is 4. The van der Waals surface area contributed by atoms with E-state index in [9.17, 15) is 17.6 Å². The predicted molar refractivity (Wildman–Crippen MR) is 181 cm³/mol. The average molecular weight is 618 g/mol. The van der Waals surface area contributed by atoms with E-state index in [0.29, 0.717) is 19.4 Å². The number of hydrogen-bond acceptors (Lipinski definition) is 1. The monoisotopic (exact) mass is 618 g/mol. The molecule has 1 nitrogen and oxygen atoms in total. The fourth-order valence-electron chi connectivity index (χ4n) is 5.94. The molecule has 0 heterocycles. The molecule has 0 saturated carbocycles. The summed E-state index contributed by atoms with van der Waals surface area (Å²) in [6, 6.07) is 0. The molecular weight excluding hydrogens is 546 g/mol. The minimum atomic E-state index is -1.55. The summed E-state index contributed by atoms with van der Waals surface area (Å²) < 4.78 is 50.5. The van der Waals surface area contributed by atoms with Gasteiger partial charge in [0.2, 0.25) is 0 Å². The van der Waals surface area contributed by atoms with Crippen molar-refractivity contribution in [3.8, 4) is 0 Å². The van der Waals surface area contributed by atoms with Crippen molar-refractivity contribution in [3.05, 3.63) is 23.9 Å². The van der Waals surface area contributed by atoms with Gasteiger partial charge in [-0.2, -0.15) is 17.6 Å². The summed E-state index contributed by atoms with van der Waals surface area (Å²) in [6.45, 7) is 2.94. The topological polar surface area (TPSA) is 12.0 Å². The second-order valence-corrected chi connectivity index (χ2v) is 13.0. The van der Waals surface area contributed by atoms with Crippen LogP contribution >= 0.6 is 0 Å². The van der Waals surface area contributed by atoms with E-state index in [1.54, 1.807) is 0 Å². The minimum Gasteiger partial charge on any atom is -0.384 e. The van der Waals surface area contributed by atoms with Crippen LogP contribution in [-0.2, 0) is 0 Å². The third-order valence-corrected chi connectivity index (χ3v) is 8.78. The predicted octanol–water partition coefficient (Wildman–Crippen LogP) is 15.0. The van der Waals surface area contributed by atoms with Crippen LogP contribution in [0.25, 0.3) is 0 Å². The Hall–Kier alpha value is -1.00. The first-order valence-electron chi connectivity index (χ1n) is 18.9. The van der Waals surface area contributed by atoms with Gasteiger partial charge in [0.05, 0.1) is 5.70 Å². The Balaban J connectivity index is 3.39. The standard InChI is InChI=1S/C38H71F4N/c1-2-3-4-5-6-7-8-9-10-14-17-20-23-26-29-32-35-43-36(38(41)42)33-30-27-24-21-18-15-12-11-13-16-19-22-25-28-31-34-37(39)40/h34,43H,2-33,35H2,1H3. The summed E-state index contributed by atoms with van der Waals surface area (Å²) in [6.07, 6.45) is 36.3. The Kier molecular flexibility index (Phi) is 34.7. The summed E-state index contributed by atoms with van der Waals surface area (Å²) in [5.74, 6) is 0. The van der Waals surface area contributed by atoms with Gasteiger partial charge < -0.3 is 5.32 Å². The zero-order chi connectivity index (χ0) is 31.5. The minimum absolute atomic E-state index is 0.173. The van der Waals surface area contributed by atoms with Crippen LogP contribution in [0.1, 0.15) is 212 Å². The second-order valence-electron chi connectivity index (χ2n) is 13.0. The van der Waals surface area contributed by atoms with E-state index in [4.69, 9.17) is 0 Å². The Morgan fingerprint density at radius 2 is 0.744 bits per heavy atom. The molecule has 5 heteroatoms. The smallest absolute Gasteiger partial charge is 0.289 e. The van der Waals surface area contributed by atoms with E-state index in [1.165, 1.54) is 141 Å². The van der Waals surface area contributed by atoms with Crippen LogP contribution in [0.5, 0.6) is 0 Å². The number of unbranched alkanes of at least 4 members (excludes halogenated alkanes) is 29. The SMILES string of the molecule is CCCCCCCCCCCCCCCCCCNC(CCCCCCCCCCCCCCCCC=C(F)F)=C(F)F. The molecule has 0 radical (unpaired) electrons. The van der Waals surface area contributed by atoms with Gasteiger partial charge in [-0.1, -0.05) is 180 Å². The van der Waals surface area contributed by atoms with Gasteiger partial charge in [-0.05, 0) is 38.2 Å². The van der Waals surface area contributed by atoms with E-state index < -0.39 is 12.2 Å². The molecular formula is C38H71F4N. The maximum atomic E-state index is 13.3. The molecule has 0 aliphatic carbocycles. The first kappa shape index (κ1) is 42.0. The van der Waals surface area contributed by atoms with Gasteiger partial charge in [0.25, 0.3) is 12.2 Å². The molecule has 0 atom stereocenters. The van der Waals surface area contributed by atoms with E-state index in [-0.39, 0.29) is 5.70 Å². The van der Waals surface area contributed by atoms with Crippen molar-refractivity contribution in [2.45, 2.75) is 212 Å². The normalized spacial score (nSPS) is 11.2. The summed E-state index contributed by atoms with van der Waals surface area (Å²) in [5.41, 5.74) is 0.173. The molecule has 0 saturated heterocycles. The number of rotatable bonds is 35. The summed E-state index contributed by atoms with van der Waals surface area (Å²) in [7, 11) is 0. The molecule has 43 heavy (non-hydrogen) atoms. The van der Waals surface area contributed by atoms with E-state index in [2.05, 4.69) is 12.2 Å². The zero-order valence-electron chi connectivity index (χ0n) is 28.4. The van der Waals surface area contributed by atoms with Gasteiger partial charge in [-0.25, -0.2) is 0 Å². The summed E-state index contributed by atoms with van der Waals surface area (Å²) in [4.78, 5) is 0. The van der Waals surface area contributed by atoms with Crippen molar-refractivity contribution >= 4 is 0 Å². The van der Waals surface area contributed by atoms with Gasteiger partial charge in [0, 0.05) is 6.54 Å². The first-order chi connectivity index (χ1) is 21.1. The van der Waals surface area contributed by atoms with Gasteiger partial charge >= 0.3 is 0 Å². The highest BCUT2D eigenvalue weighted by molar-refractivity contribution is 4.99. The zero-order valence-corrected chi connectivity index (χ0v) is 28.4. The highest BCUT2D eigenvalue weighted by atomic mass is 19.3. The molecule has 0 bridgehead atoms. The molecule has 256 valence electrons. The van der Waals surface area contributed by atoms with Crippen LogP contribution in [0.3, 0.4) is 0 Å². The molecule has 0 aromatic rings. The molecule has 0 aromatic carbocycles. The maximum Gasteiger partial charge on any atom is 0.289 e. The van der Waals surface area contributed by atoms with Crippen molar-refractivity contribution in [1.82, 2.24) is 5.32 Å². The maximum absolute atomic E-state index is 13.3. The lowest BCUT2D eigenvalue weighted by atomic mass is 10.0. The van der Waals surface area contributed by atoms with Gasteiger partial charge in [0.15, 0.2) is 0 Å². The molecule has 0 amide bonds. The molecule has 0 aromatic heterocycles. The first-order valence-corrected chi connectivity index (χ1v) is 18.9. The molecule has 0 unspecified atom stereocenters. The highest BCUT2D eigenvalue weighted by Gasteiger charge is 2.06. The van der Waals surface area contributed by atoms with Crippen LogP contribution < -0.4 is 5.32 Å². The Morgan fingerprint density at radius 3 is 1.09 bits per heavy atom. The van der Waals surface area contributed by atoms with E-state index in [0.717, 1.165) is 57.4 Å². The lowest BCUT2D eigenvalue weighted by Gasteiger charge is -2.10. The fraction of sp³-hybridized carbons (Fsp3) is 0.895. The van der Waals surface area contributed by atoms with Crippen LogP contribution in [0, 0.1) is 0 Å². The Labute approximate surface area is 265 Å².